The third-order valence-electron chi connectivity index (χ3n) is 1.42. The van der Waals surface area contributed by atoms with Crippen molar-refractivity contribution in [3.05, 3.63) is 12.7 Å². The van der Waals surface area contributed by atoms with Gasteiger partial charge in [-0.15, -0.1) is 6.58 Å². The van der Waals surface area contributed by atoms with Gasteiger partial charge in [0.25, 0.3) is 0 Å². The van der Waals surface area contributed by atoms with Crippen molar-refractivity contribution >= 4 is 11.8 Å². The number of ketones is 1. The summed E-state index contributed by atoms with van der Waals surface area (Å²) in [5.41, 5.74) is 0. The van der Waals surface area contributed by atoms with Gasteiger partial charge in [-0.25, -0.2) is 0 Å². The Balaban J connectivity index is 3.82. The number of carbonyl (C=O) groups excluding carboxylic acids is 2. The average molecular weight is 200 g/mol. The first-order valence-corrected chi connectivity index (χ1v) is 4.47. The molecule has 0 saturated heterocycles. The van der Waals surface area contributed by atoms with E-state index < -0.39 is 12.1 Å². The van der Waals surface area contributed by atoms with E-state index in [1.807, 2.05) is 0 Å². The molecule has 80 valence electrons. The van der Waals surface area contributed by atoms with Gasteiger partial charge in [-0.1, -0.05) is 6.08 Å². The van der Waals surface area contributed by atoms with Crippen LogP contribution in [-0.2, 0) is 14.3 Å². The average Bonchev–Trinajstić information content (AvgIpc) is 2.01. The van der Waals surface area contributed by atoms with Crippen molar-refractivity contribution in [3.8, 4) is 0 Å². The second-order valence-electron chi connectivity index (χ2n) is 3.26. The quantitative estimate of drug-likeness (QED) is 0.392. The van der Waals surface area contributed by atoms with Crippen molar-refractivity contribution in [2.45, 2.75) is 38.9 Å². The van der Waals surface area contributed by atoms with Crippen LogP contribution in [0.3, 0.4) is 0 Å². The van der Waals surface area contributed by atoms with Crippen LogP contribution in [0.1, 0.15) is 26.7 Å². The molecule has 0 aliphatic heterocycles. The molecule has 14 heavy (non-hydrogen) atoms. The summed E-state index contributed by atoms with van der Waals surface area (Å²) in [4.78, 5) is 22.1. The highest BCUT2D eigenvalue weighted by molar-refractivity contribution is 5.95. The summed E-state index contributed by atoms with van der Waals surface area (Å²) in [5, 5.41) is 9.03. The van der Waals surface area contributed by atoms with Crippen molar-refractivity contribution in [2.24, 2.45) is 0 Å². The van der Waals surface area contributed by atoms with E-state index in [-0.39, 0.29) is 24.7 Å². The van der Waals surface area contributed by atoms with E-state index in [9.17, 15) is 9.59 Å². The molecular weight excluding hydrogens is 184 g/mol. The molecule has 1 atom stereocenters. The molecule has 0 heterocycles. The van der Waals surface area contributed by atoms with Crippen LogP contribution in [0.4, 0.5) is 0 Å². The van der Waals surface area contributed by atoms with Gasteiger partial charge >= 0.3 is 5.97 Å². The largest absolute Gasteiger partial charge is 0.463 e. The van der Waals surface area contributed by atoms with Crippen LogP contribution in [0.25, 0.3) is 0 Å². The maximum absolute atomic E-state index is 11.1. The Kier molecular flexibility index (Phi) is 5.79. The number of hydrogen-bond donors (Lipinski definition) is 1. The molecule has 0 aliphatic rings. The van der Waals surface area contributed by atoms with E-state index in [1.54, 1.807) is 13.8 Å². The zero-order valence-electron chi connectivity index (χ0n) is 8.53. The first kappa shape index (κ1) is 12.8. The van der Waals surface area contributed by atoms with E-state index in [4.69, 9.17) is 9.84 Å². The highest BCUT2D eigenvalue weighted by Crippen LogP contribution is 2.00. The zero-order chi connectivity index (χ0) is 11.1. The second-order valence-corrected chi connectivity index (χ2v) is 3.26. The lowest BCUT2D eigenvalue weighted by Gasteiger charge is -2.07. The number of carbonyl (C=O) groups is 2. The fraction of sp³-hybridized carbons (Fsp3) is 0.600. The number of hydrogen-bond acceptors (Lipinski definition) is 4. The molecule has 0 aromatic rings. The number of esters is 1. The van der Waals surface area contributed by atoms with Gasteiger partial charge in [0.05, 0.1) is 12.2 Å². The summed E-state index contributed by atoms with van der Waals surface area (Å²) in [6, 6.07) is 0. The fourth-order valence-corrected chi connectivity index (χ4v) is 0.854. The Morgan fingerprint density at radius 3 is 2.50 bits per heavy atom. The molecule has 0 rings (SSSR count). The molecule has 0 aromatic carbocycles. The number of aliphatic hydroxyl groups excluding tert-OH is 1. The first-order valence-electron chi connectivity index (χ1n) is 4.47. The van der Waals surface area contributed by atoms with Crippen molar-refractivity contribution in [1.29, 1.82) is 0 Å². The van der Waals surface area contributed by atoms with E-state index in [1.165, 1.54) is 6.08 Å². The molecule has 0 aliphatic carbocycles. The van der Waals surface area contributed by atoms with Crippen molar-refractivity contribution in [3.63, 3.8) is 0 Å². The second kappa shape index (κ2) is 6.32. The molecule has 1 unspecified atom stereocenters. The molecule has 4 nitrogen and oxygen atoms in total. The molecule has 0 amide bonds. The standard InChI is InChI=1S/C10H16O4/c1-4-8(11)5-9(12)6-10(13)14-7(2)3/h4,7-8,11H,1,5-6H2,2-3H3. The Morgan fingerprint density at radius 1 is 1.50 bits per heavy atom. The lowest BCUT2D eigenvalue weighted by Crippen LogP contribution is -2.18. The van der Waals surface area contributed by atoms with Gasteiger partial charge in [0.15, 0.2) is 0 Å². The van der Waals surface area contributed by atoms with E-state index >= 15 is 0 Å². The van der Waals surface area contributed by atoms with Crippen LogP contribution in [-0.4, -0.2) is 29.1 Å². The summed E-state index contributed by atoms with van der Waals surface area (Å²) < 4.78 is 4.77. The third-order valence-corrected chi connectivity index (χ3v) is 1.42. The first-order chi connectivity index (χ1) is 6.45. The van der Waals surface area contributed by atoms with Crippen LogP contribution in [0.2, 0.25) is 0 Å². The van der Waals surface area contributed by atoms with E-state index in [0.29, 0.717) is 0 Å². The molecule has 0 fully saturated rings. The summed E-state index contributed by atoms with van der Waals surface area (Å²) >= 11 is 0. The van der Waals surface area contributed by atoms with Gasteiger partial charge in [-0.3, -0.25) is 9.59 Å². The van der Waals surface area contributed by atoms with Crippen molar-refractivity contribution < 1.29 is 19.4 Å². The monoisotopic (exact) mass is 200 g/mol. The van der Waals surface area contributed by atoms with Crippen molar-refractivity contribution in [1.82, 2.24) is 0 Å². The molecule has 0 saturated carbocycles. The smallest absolute Gasteiger partial charge is 0.313 e. The number of rotatable bonds is 6. The van der Waals surface area contributed by atoms with Gasteiger partial charge in [0, 0.05) is 6.42 Å². The van der Waals surface area contributed by atoms with Gasteiger partial charge in [-0.2, -0.15) is 0 Å². The highest BCUT2D eigenvalue weighted by Gasteiger charge is 2.14. The van der Waals surface area contributed by atoms with Crippen molar-refractivity contribution in [2.75, 3.05) is 0 Å². The molecule has 0 radical (unpaired) electrons. The molecule has 0 spiro atoms. The maximum atomic E-state index is 11.1. The molecule has 0 bridgehead atoms. The number of Topliss-reactive ketones (excluding diaryl/α,β-unsaturated/α-hetero) is 1. The van der Waals surface area contributed by atoms with Gasteiger partial charge in [-0.05, 0) is 13.8 Å². The summed E-state index contributed by atoms with van der Waals surface area (Å²) in [7, 11) is 0. The Labute approximate surface area is 83.6 Å². The van der Waals surface area contributed by atoms with E-state index in [0.717, 1.165) is 0 Å². The summed E-state index contributed by atoms with van der Waals surface area (Å²) in [5.74, 6) is -0.899. The maximum Gasteiger partial charge on any atom is 0.313 e. The third kappa shape index (κ3) is 6.37. The number of aliphatic hydroxyl groups is 1. The van der Waals surface area contributed by atoms with Gasteiger partial charge in [0.2, 0.25) is 0 Å². The summed E-state index contributed by atoms with van der Waals surface area (Å²) in [6.45, 7) is 6.74. The number of ether oxygens (including phenoxy) is 1. The van der Waals surface area contributed by atoms with Crippen LogP contribution < -0.4 is 0 Å². The Bertz CT molecular complexity index is 220. The lowest BCUT2D eigenvalue weighted by atomic mass is 10.1. The van der Waals surface area contributed by atoms with Gasteiger partial charge in [0.1, 0.15) is 12.2 Å². The van der Waals surface area contributed by atoms with Crippen LogP contribution in [0.5, 0.6) is 0 Å². The van der Waals surface area contributed by atoms with Crippen LogP contribution in [0, 0.1) is 0 Å². The fourth-order valence-electron chi connectivity index (χ4n) is 0.854. The van der Waals surface area contributed by atoms with E-state index in [2.05, 4.69) is 6.58 Å². The Morgan fingerprint density at radius 2 is 2.07 bits per heavy atom. The summed E-state index contributed by atoms with van der Waals surface area (Å²) in [6.07, 6.45) is -0.222. The van der Waals surface area contributed by atoms with Crippen LogP contribution >= 0.6 is 0 Å². The topological polar surface area (TPSA) is 63.6 Å². The lowest BCUT2D eigenvalue weighted by molar-refractivity contribution is -0.149. The minimum Gasteiger partial charge on any atom is -0.463 e. The predicted octanol–water partition coefficient (Wildman–Crippen LogP) is 0.834. The zero-order valence-corrected chi connectivity index (χ0v) is 8.53. The molecule has 0 aromatic heterocycles. The predicted molar refractivity (Wildman–Crippen MR) is 51.7 cm³/mol. The minimum absolute atomic E-state index is 0.0866. The normalized spacial score (nSPS) is 12.3. The minimum atomic E-state index is -0.880. The van der Waals surface area contributed by atoms with Crippen LogP contribution in [0.15, 0.2) is 12.7 Å². The molecule has 4 heteroatoms. The molecule has 1 N–H and O–H groups in total. The SMILES string of the molecule is C=CC(O)CC(=O)CC(=O)OC(C)C. The highest BCUT2D eigenvalue weighted by atomic mass is 16.5. The molecular formula is C10H16O4. The van der Waals surface area contributed by atoms with Gasteiger partial charge < -0.3 is 9.84 Å². The Hall–Kier alpha value is -1.16.